The summed E-state index contributed by atoms with van der Waals surface area (Å²) >= 11 is 0. The van der Waals surface area contributed by atoms with Crippen molar-refractivity contribution in [3.05, 3.63) is 72.9 Å². The largest absolute Gasteiger partial charge is 0.756 e. The highest BCUT2D eigenvalue weighted by molar-refractivity contribution is 7.45. The van der Waals surface area contributed by atoms with Gasteiger partial charge in [0.1, 0.15) is 19.3 Å². The van der Waals surface area contributed by atoms with E-state index in [1.54, 1.807) is 0 Å². The molecule has 0 aromatic rings. The number of phosphoric ester groups is 1. The second-order valence-corrected chi connectivity index (χ2v) is 26.1. The molecule has 9 nitrogen and oxygen atoms in total. The molecule has 3 unspecified atom stereocenters. The Labute approximate surface area is 508 Å². The van der Waals surface area contributed by atoms with E-state index in [1.165, 1.54) is 199 Å². The van der Waals surface area contributed by atoms with Gasteiger partial charge in [0, 0.05) is 12.8 Å². The van der Waals surface area contributed by atoms with Crippen molar-refractivity contribution >= 4 is 19.7 Å². The zero-order chi connectivity index (χ0) is 60.0. The van der Waals surface area contributed by atoms with E-state index in [1.807, 2.05) is 33.3 Å². The summed E-state index contributed by atoms with van der Waals surface area (Å²) < 4.78 is 30.4. The van der Waals surface area contributed by atoms with Gasteiger partial charge in [0.2, 0.25) is 5.91 Å². The number of nitrogens with zero attached hydrogens (tertiary/aromatic N) is 1. The standard InChI is InChI=1S/C72H133N2O7P/c1-7-10-13-16-19-22-25-28-30-32-33-34-35-36-37-38-39-40-41-42-44-47-50-53-56-59-62-65-72(76)81-70(63-60-57-54-51-48-45-27-24-21-18-15-12-9-3)69(68-80-82(77,78)79-67-66-74(4,5)6)73-71(75)64-61-58-55-52-49-46-43-31-29-26-23-20-17-14-11-8-2/h11,14,20,23,28-31,46,49,60,63,69-70H,7-10,12-13,15-19,21-22,24-27,32-45,47-48,50-59,61-62,64-68H2,1-6H3,(H-,73,75,77,78)/b14-11+,23-20+,30-28+,31-29+,49-46+,63-60-. The number of quaternary nitrogens is 1. The van der Waals surface area contributed by atoms with Gasteiger partial charge in [-0.05, 0) is 96.0 Å². The number of unbranched alkanes of at least 4 members (excludes halogenated alkanes) is 37. The van der Waals surface area contributed by atoms with Gasteiger partial charge in [0.15, 0.2) is 0 Å². The molecule has 3 atom stereocenters. The minimum Gasteiger partial charge on any atom is -0.756 e. The van der Waals surface area contributed by atoms with E-state index in [0.29, 0.717) is 17.4 Å². The van der Waals surface area contributed by atoms with Crippen LogP contribution >= 0.6 is 7.82 Å². The molecule has 0 aromatic heterocycles. The molecule has 0 bridgehead atoms. The van der Waals surface area contributed by atoms with E-state index in [2.05, 4.69) is 86.8 Å². The van der Waals surface area contributed by atoms with Crippen LogP contribution in [0.5, 0.6) is 0 Å². The van der Waals surface area contributed by atoms with Gasteiger partial charge in [-0.1, -0.05) is 287 Å². The average Bonchev–Trinajstić information content (AvgIpc) is 3.45. The van der Waals surface area contributed by atoms with Crippen LogP contribution in [-0.4, -0.2) is 69.4 Å². The maximum atomic E-state index is 13.5. The van der Waals surface area contributed by atoms with Gasteiger partial charge in [0.05, 0.1) is 33.8 Å². The van der Waals surface area contributed by atoms with Crippen molar-refractivity contribution < 1.29 is 37.3 Å². The van der Waals surface area contributed by atoms with Gasteiger partial charge < -0.3 is 28.5 Å². The van der Waals surface area contributed by atoms with Crippen LogP contribution in [0, 0.1) is 0 Å². The Balaban J connectivity index is 5.07. The Hall–Kier alpha value is -2.55. The van der Waals surface area contributed by atoms with Crippen LogP contribution in [0.3, 0.4) is 0 Å². The van der Waals surface area contributed by atoms with Crippen LogP contribution in [0.4, 0.5) is 0 Å². The van der Waals surface area contributed by atoms with E-state index in [9.17, 15) is 19.0 Å². The van der Waals surface area contributed by atoms with Gasteiger partial charge in [-0.2, -0.15) is 0 Å². The minimum absolute atomic E-state index is 0.0298. The third-order valence-electron chi connectivity index (χ3n) is 15.4. The van der Waals surface area contributed by atoms with Crippen LogP contribution in [-0.2, 0) is 27.9 Å². The van der Waals surface area contributed by atoms with Crippen molar-refractivity contribution in [1.29, 1.82) is 0 Å². The fraction of sp³-hybridized carbons (Fsp3) is 0.806. The number of rotatable bonds is 63. The fourth-order valence-corrected chi connectivity index (χ4v) is 10.8. The number of esters is 1. The predicted molar refractivity (Wildman–Crippen MR) is 353 cm³/mol. The highest BCUT2D eigenvalue weighted by Gasteiger charge is 2.27. The first-order chi connectivity index (χ1) is 39.9. The molecule has 0 rings (SSSR count). The topological polar surface area (TPSA) is 114 Å². The molecule has 1 amide bonds. The summed E-state index contributed by atoms with van der Waals surface area (Å²) in [5, 5.41) is 3.02. The van der Waals surface area contributed by atoms with E-state index >= 15 is 0 Å². The van der Waals surface area contributed by atoms with Gasteiger partial charge >= 0.3 is 5.97 Å². The summed E-state index contributed by atoms with van der Waals surface area (Å²) in [7, 11) is 1.17. The number of nitrogens with one attached hydrogen (secondary N) is 1. The zero-order valence-corrected chi connectivity index (χ0v) is 55.6. The molecule has 0 aliphatic carbocycles. The molecular weight excluding hydrogens is 1040 g/mol. The number of hydrogen-bond acceptors (Lipinski definition) is 7. The Morgan fingerprint density at radius 3 is 1.20 bits per heavy atom. The third kappa shape index (κ3) is 62.0. The molecule has 0 saturated carbocycles. The number of carbonyl (C=O) groups is 2. The van der Waals surface area contributed by atoms with Crippen molar-refractivity contribution in [2.45, 2.75) is 335 Å². The highest BCUT2D eigenvalue weighted by atomic mass is 31.2. The molecular formula is C72H133N2O7P. The van der Waals surface area contributed by atoms with Gasteiger partial charge in [0.25, 0.3) is 7.82 Å². The van der Waals surface area contributed by atoms with Crippen molar-refractivity contribution in [1.82, 2.24) is 5.32 Å². The SMILES string of the molecule is CC/C=C/C/C=C/C/C=C/C/C=C/CCCCCC(=O)NC(COP(=O)([O-])OCC[N+](C)(C)C)C(/C=C\CCCCCCCCCCCCC)OC(=O)CCCCCCCCCCCCCCCCCCC/C=C/CCCCCCCC. The Morgan fingerprint density at radius 1 is 0.439 bits per heavy atom. The Bertz CT molecular complexity index is 1630. The molecule has 1 N–H and O–H groups in total. The zero-order valence-electron chi connectivity index (χ0n) is 54.7. The number of carbonyl (C=O) groups excluding carboxylic acids is 2. The lowest BCUT2D eigenvalue weighted by Gasteiger charge is -2.30. The summed E-state index contributed by atoms with van der Waals surface area (Å²) in [4.78, 5) is 40.1. The van der Waals surface area contributed by atoms with Crippen LogP contribution in [0.1, 0.15) is 323 Å². The molecule has 0 radical (unpaired) electrons. The number of amides is 1. The third-order valence-corrected chi connectivity index (χ3v) is 16.3. The first-order valence-corrected chi connectivity index (χ1v) is 36.2. The first-order valence-electron chi connectivity index (χ1n) is 34.7. The number of likely N-dealkylation sites (N-methyl/N-ethyl adjacent to an activating group) is 1. The summed E-state index contributed by atoms with van der Waals surface area (Å²) in [6.07, 6.45) is 80.4. The van der Waals surface area contributed by atoms with Gasteiger partial charge in [-0.25, -0.2) is 0 Å². The molecule has 82 heavy (non-hydrogen) atoms. The molecule has 0 fully saturated rings. The van der Waals surface area contributed by atoms with E-state index < -0.39 is 26.6 Å². The molecule has 0 saturated heterocycles. The van der Waals surface area contributed by atoms with Crippen molar-refractivity contribution in [3.8, 4) is 0 Å². The summed E-state index contributed by atoms with van der Waals surface area (Å²) in [6.45, 7) is 6.73. The smallest absolute Gasteiger partial charge is 0.306 e. The van der Waals surface area contributed by atoms with Crippen LogP contribution in [0.25, 0.3) is 0 Å². The summed E-state index contributed by atoms with van der Waals surface area (Å²) in [5.41, 5.74) is 0. The molecule has 0 heterocycles. The normalized spacial score (nSPS) is 14.0. The maximum absolute atomic E-state index is 13.5. The molecule has 0 aromatic carbocycles. The maximum Gasteiger partial charge on any atom is 0.306 e. The Kier molecular flexibility index (Phi) is 59.6. The van der Waals surface area contributed by atoms with Crippen LogP contribution in [0.2, 0.25) is 0 Å². The van der Waals surface area contributed by atoms with E-state index in [-0.39, 0.29) is 31.3 Å². The highest BCUT2D eigenvalue weighted by Crippen LogP contribution is 2.38. The first kappa shape index (κ1) is 79.5. The van der Waals surface area contributed by atoms with Crippen LogP contribution in [0.15, 0.2) is 72.9 Å². The number of allylic oxidation sites excluding steroid dienone is 11. The second kappa shape index (κ2) is 61.5. The molecule has 10 heteroatoms. The van der Waals surface area contributed by atoms with Crippen molar-refractivity contribution in [2.75, 3.05) is 40.9 Å². The van der Waals surface area contributed by atoms with Crippen molar-refractivity contribution in [3.63, 3.8) is 0 Å². The van der Waals surface area contributed by atoms with E-state index in [0.717, 1.165) is 83.5 Å². The second-order valence-electron chi connectivity index (χ2n) is 24.6. The fourth-order valence-electron chi connectivity index (χ4n) is 10.0. The Morgan fingerprint density at radius 2 is 0.780 bits per heavy atom. The summed E-state index contributed by atoms with van der Waals surface area (Å²) in [6, 6.07) is -0.907. The summed E-state index contributed by atoms with van der Waals surface area (Å²) in [5.74, 6) is -0.568. The number of ether oxygens (including phenoxy) is 1. The van der Waals surface area contributed by atoms with Gasteiger partial charge in [-0.15, -0.1) is 0 Å². The van der Waals surface area contributed by atoms with E-state index in [4.69, 9.17) is 13.8 Å². The molecule has 0 aliphatic rings. The minimum atomic E-state index is -4.71. The molecule has 0 spiro atoms. The lowest BCUT2D eigenvalue weighted by molar-refractivity contribution is -0.870. The molecule has 0 aliphatic heterocycles. The van der Waals surface area contributed by atoms with Gasteiger partial charge in [-0.3, -0.25) is 14.2 Å². The number of hydrogen-bond donors (Lipinski definition) is 1. The number of phosphoric acid groups is 1. The van der Waals surface area contributed by atoms with Crippen LogP contribution < -0.4 is 10.2 Å². The lowest BCUT2D eigenvalue weighted by atomic mass is 10.0. The monoisotopic (exact) mass is 1170 g/mol. The average molecular weight is 1170 g/mol. The quantitative estimate of drug-likeness (QED) is 0.0212. The predicted octanol–water partition coefficient (Wildman–Crippen LogP) is 21.3. The molecule has 478 valence electrons. The lowest BCUT2D eigenvalue weighted by Crippen LogP contribution is -2.47. The van der Waals surface area contributed by atoms with Crippen molar-refractivity contribution in [2.24, 2.45) is 0 Å².